The van der Waals surface area contributed by atoms with Gasteiger partial charge in [-0.2, -0.15) is 5.10 Å². The van der Waals surface area contributed by atoms with Gasteiger partial charge in [-0.05, 0) is 54.7 Å². The molecule has 4 rings (SSSR count). The van der Waals surface area contributed by atoms with Crippen LogP contribution >= 0.6 is 11.6 Å². The number of halogens is 1. The largest absolute Gasteiger partial charge is 0.483 e. The van der Waals surface area contributed by atoms with Gasteiger partial charge in [0.15, 0.2) is 12.4 Å². The molecule has 1 aliphatic rings. The lowest BCUT2D eigenvalue weighted by molar-refractivity contribution is -0.118. The maximum absolute atomic E-state index is 12.4. The Kier molecular flexibility index (Phi) is 6.64. The Bertz CT molecular complexity index is 984. The molecule has 1 amide bonds. The van der Waals surface area contributed by atoms with E-state index >= 15 is 0 Å². The van der Waals surface area contributed by atoms with Crippen LogP contribution in [0.5, 0.6) is 5.75 Å². The summed E-state index contributed by atoms with van der Waals surface area (Å²) in [5.41, 5.74) is 2.01. The minimum Gasteiger partial charge on any atom is -0.483 e. The third-order valence-corrected chi connectivity index (χ3v) is 5.57. The molecule has 0 bridgehead atoms. The van der Waals surface area contributed by atoms with Gasteiger partial charge >= 0.3 is 0 Å². The standard InChI is InChI=1S/C23H25ClN4O2/c24-18-9-10-21(20(14-18)17-6-2-1-3-7-17)30-16-23(29)26-22-11-13-28(27-22)15-19-8-4-5-12-25-19/h4-5,8-14,17H,1-3,6-7,15-16H2,(H,26,27,29). The van der Waals surface area contributed by atoms with Gasteiger partial charge in [-0.25, -0.2) is 0 Å². The molecule has 1 saturated carbocycles. The van der Waals surface area contributed by atoms with Crippen LogP contribution in [0.25, 0.3) is 0 Å². The molecule has 1 N–H and O–H groups in total. The summed E-state index contributed by atoms with van der Waals surface area (Å²) in [6, 6.07) is 13.1. The van der Waals surface area contributed by atoms with E-state index in [0.717, 1.165) is 29.8 Å². The molecule has 2 aromatic heterocycles. The number of rotatable bonds is 7. The van der Waals surface area contributed by atoms with Gasteiger partial charge in [0, 0.05) is 23.5 Å². The fourth-order valence-corrected chi connectivity index (χ4v) is 4.06. The number of hydrogen-bond acceptors (Lipinski definition) is 4. The summed E-state index contributed by atoms with van der Waals surface area (Å²) in [5, 5.41) is 7.86. The first-order valence-corrected chi connectivity index (χ1v) is 10.7. The zero-order chi connectivity index (χ0) is 20.8. The van der Waals surface area contributed by atoms with E-state index in [4.69, 9.17) is 16.3 Å². The summed E-state index contributed by atoms with van der Waals surface area (Å²) in [5.74, 6) is 1.42. The Morgan fingerprint density at radius 3 is 2.83 bits per heavy atom. The van der Waals surface area contributed by atoms with Crippen molar-refractivity contribution in [3.63, 3.8) is 0 Å². The van der Waals surface area contributed by atoms with Crippen molar-refractivity contribution in [1.29, 1.82) is 0 Å². The number of carbonyl (C=O) groups is 1. The maximum atomic E-state index is 12.4. The van der Waals surface area contributed by atoms with Crippen LogP contribution in [-0.2, 0) is 11.3 Å². The van der Waals surface area contributed by atoms with Crippen LogP contribution in [0.1, 0.15) is 49.3 Å². The Labute approximate surface area is 181 Å². The first kappa shape index (κ1) is 20.4. The van der Waals surface area contributed by atoms with E-state index in [1.165, 1.54) is 19.3 Å². The van der Waals surface area contributed by atoms with Gasteiger partial charge in [-0.3, -0.25) is 14.5 Å². The van der Waals surface area contributed by atoms with Gasteiger partial charge in [-0.15, -0.1) is 0 Å². The zero-order valence-electron chi connectivity index (χ0n) is 16.8. The number of nitrogens with zero attached hydrogens (tertiary/aromatic N) is 3. The topological polar surface area (TPSA) is 69.0 Å². The normalized spacial score (nSPS) is 14.4. The van der Waals surface area contributed by atoms with Gasteiger partial charge in [0.25, 0.3) is 5.91 Å². The average molecular weight is 425 g/mol. The Hall–Kier alpha value is -2.86. The molecule has 0 aliphatic heterocycles. The fraction of sp³-hybridized carbons (Fsp3) is 0.348. The number of benzene rings is 1. The second-order valence-electron chi connectivity index (χ2n) is 7.57. The van der Waals surface area contributed by atoms with Gasteiger partial charge < -0.3 is 10.1 Å². The Balaban J connectivity index is 1.34. The predicted octanol–water partition coefficient (Wildman–Crippen LogP) is 5.05. The first-order valence-electron chi connectivity index (χ1n) is 10.3. The van der Waals surface area contributed by atoms with Crippen LogP contribution in [0, 0.1) is 0 Å². The predicted molar refractivity (Wildman–Crippen MR) is 117 cm³/mol. The smallest absolute Gasteiger partial charge is 0.263 e. The highest BCUT2D eigenvalue weighted by molar-refractivity contribution is 6.30. The summed E-state index contributed by atoms with van der Waals surface area (Å²) in [4.78, 5) is 16.7. The number of nitrogens with one attached hydrogen (secondary N) is 1. The monoisotopic (exact) mass is 424 g/mol. The number of hydrogen-bond donors (Lipinski definition) is 1. The van der Waals surface area contributed by atoms with Gasteiger partial charge in [0.2, 0.25) is 0 Å². The van der Waals surface area contributed by atoms with Crippen molar-refractivity contribution >= 4 is 23.3 Å². The molecule has 2 heterocycles. The molecule has 7 heteroatoms. The molecule has 1 aliphatic carbocycles. The number of amides is 1. The van der Waals surface area contributed by atoms with E-state index in [1.54, 1.807) is 23.0 Å². The van der Waals surface area contributed by atoms with Gasteiger partial charge in [0.05, 0.1) is 12.2 Å². The number of anilines is 1. The van der Waals surface area contributed by atoms with Crippen LogP contribution in [0.15, 0.2) is 54.9 Å². The molecule has 0 unspecified atom stereocenters. The second kappa shape index (κ2) is 9.76. The quantitative estimate of drug-likeness (QED) is 0.576. The van der Waals surface area contributed by atoms with E-state index in [9.17, 15) is 4.79 Å². The molecular formula is C23H25ClN4O2. The van der Waals surface area contributed by atoms with Crippen LogP contribution in [0.2, 0.25) is 5.02 Å². The first-order chi connectivity index (χ1) is 14.7. The van der Waals surface area contributed by atoms with Crippen molar-refractivity contribution in [2.24, 2.45) is 0 Å². The molecule has 0 saturated heterocycles. The highest BCUT2D eigenvalue weighted by Gasteiger charge is 2.20. The highest BCUT2D eigenvalue weighted by atomic mass is 35.5. The molecule has 1 aromatic carbocycles. The number of ether oxygens (including phenoxy) is 1. The lowest BCUT2D eigenvalue weighted by Crippen LogP contribution is -2.21. The summed E-state index contributed by atoms with van der Waals surface area (Å²) >= 11 is 6.22. The number of carbonyl (C=O) groups excluding carboxylic acids is 1. The summed E-state index contributed by atoms with van der Waals surface area (Å²) < 4.78 is 7.60. The van der Waals surface area contributed by atoms with E-state index in [2.05, 4.69) is 15.4 Å². The molecule has 3 aromatic rings. The Morgan fingerprint density at radius 2 is 2.03 bits per heavy atom. The number of aromatic nitrogens is 3. The molecule has 30 heavy (non-hydrogen) atoms. The summed E-state index contributed by atoms with van der Waals surface area (Å²) in [7, 11) is 0. The van der Waals surface area contributed by atoms with Crippen molar-refractivity contribution in [3.05, 3.63) is 71.1 Å². The van der Waals surface area contributed by atoms with Crippen LogP contribution < -0.4 is 10.1 Å². The van der Waals surface area contributed by atoms with Crippen molar-refractivity contribution in [3.8, 4) is 5.75 Å². The van der Waals surface area contributed by atoms with Crippen molar-refractivity contribution in [1.82, 2.24) is 14.8 Å². The number of pyridine rings is 1. The van der Waals surface area contributed by atoms with Crippen molar-refractivity contribution in [2.75, 3.05) is 11.9 Å². The Morgan fingerprint density at radius 1 is 1.17 bits per heavy atom. The third kappa shape index (κ3) is 5.39. The van der Waals surface area contributed by atoms with Crippen LogP contribution in [-0.4, -0.2) is 27.3 Å². The minimum atomic E-state index is -0.248. The molecule has 1 fully saturated rings. The van der Waals surface area contributed by atoms with E-state index < -0.39 is 0 Å². The fourth-order valence-electron chi connectivity index (χ4n) is 3.88. The van der Waals surface area contributed by atoms with Crippen LogP contribution in [0.4, 0.5) is 5.82 Å². The maximum Gasteiger partial charge on any atom is 0.263 e. The second-order valence-corrected chi connectivity index (χ2v) is 8.01. The zero-order valence-corrected chi connectivity index (χ0v) is 17.5. The lowest BCUT2D eigenvalue weighted by atomic mass is 9.84. The van der Waals surface area contributed by atoms with Crippen molar-refractivity contribution < 1.29 is 9.53 Å². The SMILES string of the molecule is O=C(COc1ccc(Cl)cc1C1CCCCC1)Nc1ccn(Cc2ccccn2)n1. The molecule has 156 valence electrons. The average Bonchev–Trinajstić information content (AvgIpc) is 3.20. The van der Waals surface area contributed by atoms with E-state index in [-0.39, 0.29) is 12.5 Å². The van der Waals surface area contributed by atoms with E-state index in [0.29, 0.717) is 23.3 Å². The molecule has 0 spiro atoms. The molecule has 0 atom stereocenters. The lowest BCUT2D eigenvalue weighted by Gasteiger charge is -2.24. The third-order valence-electron chi connectivity index (χ3n) is 5.33. The van der Waals surface area contributed by atoms with Gasteiger partial charge in [0.1, 0.15) is 5.75 Å². The summed E-state index contributed by atoms with van der Waals surface area (Å²) in [6.07, 6.45) is 9.55. The molecule has 0 radical (unpaired) electrons. The van der Waals surface area contributed by atoms with Gasteiger partial charge in [-0.1, -0.05) is 36.9 Å². The minimum absolute atomic E-state index is 0.0749. The highest BCUT2D eigenvalue weighted by Crippen LogP contribution is 2.38. The summed E-state index contributed by atoms with van der Waals surface area (Å²) in [6.45, 7) is 0.469. The molecule has 6 nitrogen and oxygen atoms in total. The van der Waals surface area contributed by atoms with E-state index in [1.807, 2.05) is 36.5 Å². The molecular weight excluding hydrogens is 400 g/mol. The van der Waals surface area contributed by atoms with Crippen LogP contribution in [0.3, 0.4) is 0 Å². The van der Waals surface area contributed by atoms with Crippen molar-refractivity contribution in [2.45, 2.75) is 44.6 Å².